The average Bonchev–Trinajstić information content (AvgIpc) is 2.87. The lowest BCUT2D eigenvalue weighted by atomic mass is 9.69. The summed E-state index contributed by atoms with van der Waals surface area (Å²) >= 11 is 0. The van der Waals surface area contributed by atoms with Gasteiger partial charge in [0.05, 0.1) is 0 Å². The van der Waals surface area contributed by atoms with Gasteiger partial charge in [-0.1, -0.05) is 76.0 Å². The molecule has 0 aromatic heterocycles. The van der Waals surface area contributed by atoms with Crippen molar-refractivity contribution in [1.82, 2.24) is 0 Å². The minimum absolute atomic E-state index is 0.757. The molecule has 0 spiro atoms. The fraction of sp³-hybridized carbons (Fsp3) is 0.697. The summed E-state index contributed by atoms with van der Waals surface area (Å²) in [5, 5.41) is 0. The Kier molecular flexibility index (Phi) is 9.58. The molecule has 0 radical (unpaired) electrons. The predicted octanol–water partition coefficient (Wildman–Crippen LogP) is 9.69. The van der Waals surface area contributed by atoms with Crippen molar-refractivity contribution in [2.45, 2.75) is 116 Å². The molecule has 0 N–H and O–H groups in total. The summed E-state index contributed by atoms with van der Waals surface area (Å²) in [6, 6.07) is 9.18. The van der Waals surface area contributed by atoms with Gasteiger partial charge >= 0.3 is 0 Å². The van der Waals surface area contributed by atoms with E-state index in [-0.39, 0.29) is 0 Å². The number of hydrogen-bond donors (Lipinski definition) is 0. The maximum absolute atomic E-state index is 3.37. The highest BCUT2D eigenvalue weighted by Crippen LogP contribution is 2.41. The first kappa shape index (κ1) is 24.6. The molecule has 0 heterocycles. The van der Waals surface area contributed by atoms with Gasteiger partial charge in [0.15, 0.2) is 0 Å². The van der Waals surface area contributed by atoms with Crippen LogP contribution in [0.1, 0.15) is 127 Å². The molecule has 0 amide bonds. The summed E-state index contributed by atoms with van der Waals surface area (Å²) in [5.74, 6) is 12.2. The first-order valence-electron chi connectivity index (χ1n) is 14.5. The summed E-state index contributed by atoms with van der Waals surface area (Å²) in [6.45, 7) is 4.75. The van der Waals surface area contributed by atoms with Crippen molar-refractivity contribution in [2.75, 3.05) is 0 Å². The van der Waals surface area contributed by atoms with E-state index in [1.807, 2.05) is 0 Å². The second kappa shape index (κ2) is 12.8. The SMILES string of the molecule is CCCC[C@H]1CC[C@H](c2ccc(C#CC=C[C@H]3CC[C@H]([C@H]4CC[C@H](C)CC4)CC3)cc2)CC1. The normalized spacial score (nSPS) is 32.9. The molecule has 1 aromatic carbocycles. The molecule has 3 fully saturated rings. The first-order valence-corrected chi connectivity index (χ1v) is 14.5. The first-order chi connectivity index (χ1) is 16.2. The van der Waals surface area contributed by atoms with Gasteiger partial charge in [0.25, 0.3) is 0 Å². The Bertz CT molecular complexity index is 764. The molecule has 0 saturated heterocycles. The summed E-state index contributed by atoms with van der Waals surface area (Å²) in [6.07, 6.45) is 26.0. The van der Waals surface area contributed by atoms with E-state index in [1.54, 1.807) is 0 Å². The van der Waals surface area contributed by atoms with Gasteiger partial charge in [-0.2, -0.15) is 0 Å². The van der Waals surface area contributed by atoms with Crippen LogP contribution < -0.4 is 0 Å². The molecule has 0 aliphatic heterocycles. The fourth-order valence-corrected chi connectivity index (χ4v) is 6.99. The molecular weight excluding hydrogens is 396 g/mol. The Morgan fingerprint density at radius 3 is 2.06 bits per heavy atom. The number of benzene rings is 1. The van der Waals surface area contributed by atoms with Crippen LogP contribution in [0, 0.1) is 41.4 Å². The zero-order chi connectivity index (χ0) is 22.9. The van der Waals surface area contributed by atoms with Crippen molar-refractivity contribution in [3.8, 4) is 11.8 Å². The largest absolute Gasteiger partial charge is 0.0730 e. The molecule has 3 saturated carbocycles. The Labute approximate surface area is 205 Å². The van der Waals surface area contributed by atoms with Crippen molar-refractivity contribution in [3.63, 3.8) is 0 Å². The summed E-state index contributed by atoms with van der Waals surface area (Å²) in [4.78, 5) is 0. The molecule has 3 aliphatic rings. The Balaban J connectivity index is 1.18. The highest BCUT2D eigenvalue weighted by molar-refractivity contribution is 5.39. The highest BCUT2D eigenvalue weighted by atomic mass is 14.3. The quantitative estimate of drug-likeness (QED) is 0.383. The minimum Gasteiger partial charge on any atom is -0.0730 e. The molecule has 4 rings (SSSR count). The van der Waals surface area contributed by atoms with Crippen LogP contribution in [-0.2, 0) is 0 Å². The third-order valence-corrected chi connectivity index (χ3v) is 9.41. The van der Waals surface area contributed by atoms with Gasteiger partial charge in [0.1, 0.15) is 0 Å². The molecule has 0 bridgehead atoms. The smallest absolute Gasteiger partial charge is 0.0249 e. The van der Waals surface area contributed by atoms with Crippen molar-refractivity contribution >= 4 is 0 Å². The van der Waals surface area contributed by atoms with Gasteiger partial charge in [-0.3, -0.25) is 0 Å². The second-order valence-electron chi connectivity index (χ2n) is 11.8. The van der Waals surface area contributed by atoms with Gasteiger partial charge in [-0.25, -0.2) is 0 Å². The topological polar surface area (TPSA) is 0 Å². The van der Waals surface area contributed by atoms with E-state index >= 15 is 0 Å². The monoisotopic (exact) mass is 444 g/mol. The van der Waals surface area contributed by atoms with E-state index in [2.05, 4.69) is 62.1 Å². The molecule has 0 nitrogen and oxygen atoms in total. The summed E-state index contributed by atoms with van der Waals surface area (Å²) < 4.78 is 0. The van der Waals surface area contributed by atoms with E-state index in [4.69, 9.17) is 0 Å². The van der Waals surface area contributed by atoms with Crippen LogP contribution in [0.5, 0.6) is 0 Å². The minimum atomic E-state index is 0.757. The van der Waals surface area contributed by atoms with Crippen LogP contribution in [0.15, 0.2) is 36.4 Å². The van der Waals surface area contributed by atoms with E-state index in [0.29, 0.717) is 0 Å². The van der Waals surface area contributed by atoms with Gasteiger partial charge < -0.3 is 0 Å². The van der Waals surface area contributed by atoms with Crippen molar-refractivity contribution in [3.05, 3.63) is 47.5 Å². The maximum Gasteiger partial charge on any atom is 0.0249 e. The number of allylic oxidation sites excluding steroid dienone is 2. The Morgan fingerprint density at radius 1 is 0.788 bits per heavy atom. The van der Waals surface area contributed by atoms with Crippen LogP contribution in [0.2, 0.25) is 0 Å². The molecule has 1 aromatic rings. The zero-order valence-corrected chi connectivity index (χ0v) is 21.5. The predicted molar refractivity (Wildman–Crippen MR) is 143 cm³/mol. The van der Waals surface area contributed by atoms with E-state index < -0.39 is 0 Å². The third-order valence-electron chi connectivity index (χ3n) is 9.41. The zero-order valence-electron chi connectivity index (χ0n) is 21.5. The standard InChI is InChI=1S/C33H48/c1-3-4-7-27-12-20-32(21-13-27)33-24-16-29(17-25-33)9-6-5-8-28-14-22-31(23-15-28)30-18-10-26(2)11-19-30/h5,8,16-17,24-28,30-32H,3-4,7,10-15,18-23H2,1-2H3/t26-,27-,28-,30-,31-,32-. The average molecular weight is 445 g/mol. The van der Waals surface area contributed by atoms with Crippen molar-refractivity contribution < 1.29 is 0 Å². The van der Waals surface area contributed by atoms with Gasteiger partial charge in [-0.05, 0) is 123 Å². The van der Waals surface area contributed by atoms with Crippen molar-refractivity contribution in [2.24, 2.45) is 29.6 Å². The van der Waals surface area contributed by atoms with Crippen LogP contribution in [0.3, 0.4) is 0 Å². The maximum atomic E-state index is 3.37. The highest BCUT2D eigenvalue weighted by Gasteiger charge is 2.29. The molecule has 0 heteroatoms. The molecular formula is C33H48. The Morgan fingerprint density at radius 2 is 1.42 bits per heavy atom. The molecule has 0 atom stereocenters. The van der Waals surface area contributed by atoms with Crippen molar-refractivity contribution in [1.29, 1.82) is 0 Å². The van der Waals surface area contributed by atoms with Gasteiger partial charge in [0.2, 0.25) is 0 Å². The molecule has 3 aliphatic carbocycles. The van der Waals surface area contributed by atoms with Crippen LogP contribution in [-0.4, -0.2) is 0 Å². The van der Waals surface area contributed by atoms with Crippen LogP contribution >= 0.6 is 0 Å². The van der Waals surface area contributed by atoms with Crippen LogP contribution in [0.4, 0.5) is 0 Å². The second-order valence-corrected chi connectivity index (χ2v) is 11.8. The lowest BCUT2D eigenvalue weighted by molar-refractivity contribution is 0.160. The number of rotatable bonds is 6. The van der Waals surface area contributed by atoms with E-state index in [0.717, 1.165) is 41.1 Å². The lowest BCUT2D eigenvalue weighted by Gasteiger charge is -2.36. The Hall–Kier alpha value is -1.48. The van der Waals surface area contributed by atoms with Gasteiger partial charge in [0, 0.05) is 5.56 Å². The summed E-state index contributed by atoms with van der Waals surface area (Å²) in [5.41, 5.74) is 2.70. The number of hydrogen-bond acceptors (Lipinski definition) is 0. The van der Waals surface area contributed by atoms with Gasteiger partial charge in [-0.15, -0.1) is 0 Å². The third kappa shape index (κ3) is 7.50. The lowest BCUT2D eigenvalue weighted by Crippen LogP contribution is -2.24. The van der Waals surface area contributed by atoms with Crippen LogP contribution in [0.25, 0.3) is 0 Å². The fourth-order valence-electron chi connectivity index (χ4n) is 6.99. The molecule has 33 heavy (non-hydrogen) atoms. The number of unbranched alkanes of at least 4 members (excludes halogenated alkanes) is 1. The molecule has 180 valence electrons. The molecule has 0 unspecified atom stereocenters. The summed E-state index contributed by atoms with van der Waals surface area (Å²) in [7, 11) is 0. The van der Waals surface area contributed by atoms with E-state index in [1.165, 1.54) is 102 Å². The van der Waals surface area contributed by atoms with E-state index in [9.17, 15) is 0 Å².